The van der Waals surface area contributed by atoms with Gasteiger partial charge in [-0.25, -0.2) is 9.89 Å². The van der Waals surface area contributed by atoms with Gasteiger partial charge in [-0.05, 0) is 25.0 Å². The van der Waals surface area contributed by atoms with Crippen molar-refractivity contribution in [2.24, 2.45) is 11.7 Å². The highest BCUT2D eigenvalue weighted by Gasteiger charge is 2.50. The molecule has 4 N–H and O–H groups in total. The van der Waals surface area contributed by atoms with E-state index < -0.39 is 0 Å². The van der Waals surface area contributed by atoms with Crippen molar-refractivity contribution in [1.29, 1.82) is 0 Å². The molecule has 2 aromatic heterocycles. The van der Waals surface area contributed by atoms with Crippen molar-refractivity contribution in [3.63, 3.8) is 0 Å². The van der Waals surface area contributed by atoms with Crippen LogP contribution in [0.15, 0.2) is 16.9 Å². The van der Waals surface area contributed by atoms with Crippen LogP contribution >= 0.6 is 0 Å². The molecule has 4 unspecified atom stereocenters. The van der Waals surface area contributed by atoms with Gasteiger partial charge in [-0.2, -0.15) is 9.61 Å². The second-order valence-corrected chi connectivity index (χ2v) is 5.41. The van der Waals surface area contributed by atoms with E-state index in [0.29, 0.717) is 17.4 Å². The van der Waals surface area contributed by atoms with E-state index in [9.17, 15) is 4.79 Å². The van der Waals surface area contributed by atoms with Crippen LogP contribution in [0.5, 0.6) is 0 Å². The minimum Gasteiger partial charge on any atom is -0.376 e. The molecule has 1 aliphatic carbocycles. The van der Waals surface area contributed by atoms with Crippen LogP contribution in [0.4, 0.5) is 5.82 Å². The molecule has 0 radical (unpaired) electrons. The van der Waals surface area contributed by atoms with Gasteiger partial charge in [-0.3, -0.25) is 0 Å². The fourth-order valence-corrected chi connectivity index (χ4v) is 3.18. The Morgan fingerprint density at radius 1 is 1.50 bits per heavy atom. The second-order valence-electron chi connectivity index (χ2n) is 5.41. The fraction of sp³-hybridized carbons (Fsp3) is 0.583. The molecule has 2 aliphatic rings. The summed E-state index contributed by atoms with van der Waals surface area (Å²) in [6.07, 6.45) is 2.35. The lowest BCUT2D eigenvalue weighted by Crippen LogP contribution is -2.69. The Morgan fingerprint density at radius 2 is 2.40 bits per heavy atom. The molecule has 8 nitrogen and oxygen atoms in total. The summed E-state index contributed by atoms with van der Waals surface area (Å²) in [5.74, 6) is 1.04. The largest absolute Gasteiger partial charge is 0.376 e. The van der Waals surface area contributed by atoms with Gasteiger partial charge in [0.1, 0.15) is 5.82 Å². The summed E-state index contributed by atoms with van der Waals surface area (Å²) in [7, 11) is 0. The lowest BCUT2D eigenvalue weighted by Gasteiger charge is -2.52. The maximum absolute atomic E-state index is 11.5. The average Bonchev–Trinajstić information content (AvgIpc) is 2.85. The van der Waals surface area contributed by atoms with E-state index in [2.05, 4.69) is 20.6 Å². The molecule has 0 aromatic carbocycles. The van der Waals surface area contributed by atoms with Crippen LogP contribution in [-0.4, -0.2) is 44.6 Å². The molecule has 3 heterocycles. The van der Waals surface area contributed by atoms with Gasteiger partial charge in [-0.1, -0.05) is 0 Å². The minimum absolute atomic E-state index is 0.0489. The van der Waals surface area contributed by atoms with Crippen LogP contribution in [0.1, 0.15) is 12.8 Å². The number of fused-ring (bicyclic) bond motifs is 2. The van der Waals surface area contributed by atoms with Crippen molar-refractivity contribution >= 4 is 11.5 Å². The first-order chi connectivity index (χ1) is 9.74. The van der Waals surface area contributed by atoms with Gasteiger partial charge in [0.25, 0.3) is 0 Å². The Morgan fingerprint density at radius 3 is 3.30 bits per heavy atom. The number of ether oxygens (including phenoxy) is 1. The summed E-state index contributed by atoms with van der Waals surface area (Å²) in [6, 6.07) is 3.64. The van der Waals surface area contributed by atoms with Gasteiger partial charge in [0, 0.05) is 18.6 Å². The monoisotopic (exact) mass is 276 g/mol. The smallest absolute Gasteiger partial charge is 0.364 e. The third-order valence-corrected chi connectivity index (χ3v) is 4.27. The molecule has 106 valence electrons. The highest BCUT2D eigenvalue weighted by molar-refractivity contribution is 5.44. The van der Waals surface area contributed by atoms with Crippen molar-refractivity contribution in [2.45, 2.75) is 31.0 Å². The molecule has 2 fully saturated rings. The predicted octanol–water partition coefficient (Wildman–Crippen LogP) is -0.666. The number of aromatic amines is 1. The van der Waals surface area contributed by atoms with Crippen LogP contribution < -0.4 is 16.7 Å². The van der Waals surface area contributed by atoms with E-state index in [1.54, 1.807) is 12.1 Å². The van der Waals surface area contributed by atoms with Gasteiger partial charge in [0.15, 0.2) is 5.65 Å². The van der Waals surface area contributed by atoms with Gasteiger partial charge in [-0.15, -0.1) is 5.10 Å². The van der Waals surface area contributed by atoms with E-state index in [1.807, 2.05) is 0 Å². The molecule has 0 spiro atoms. The Balaban J connectivity index is 1.58. The Hall–Kier alpha value is -1.93. The molecule has 8 heteroatoms. The molecular weight excluding hydrogens is 260 g/mol. The zero-order valence-electron chi connectivity index (χ0n) is 10.8. The minimum atomic E-state index is -0.353. The van der Waals surface area contributed by atoms with E-state index in [0.717, 1.165) is 19.4 Å². The highest BCUT2D eigenvalue weighted by atomic mass is 16.5. The van der Waals surface area contributed by atoms with Gasteiger partial charge in [0.2, 0.25) is 0 Å². The molecule has 20 heavy (non-hydrogen) atoms. The first kappa shape index (κ1) is 11.9. The molecule has 1 saturated heterocycles. The van der Waals surface area contributed by atoms with Crippen LogP contribution in [0.2, 0.25) is 0 Å². The highest BCUT2D eigenvalue weighted by Crippen LogP contribution is 2.38. The normalized spacial score (nSPS) is 32.6. The predicted molar refractivity (Wildman–Crippen MR) is 71.5 cm³/mol. The number of hydrogen-bond donors (Lipinski definition) is 3. The number of rotatable bonds is 2. The number of aromatic nitrogens is 4. The summed E-state index contributed by atoms with van der Waals surface area (Å²) in [6.45, 7) is 0.791. The summed E-state index contributed by atoms with van der Waals surface area (Å²) in [4.78, 5) is 11.5. The number of H-pyrrole nitrogens is 1. The average molecular weight is 276 g/mol. The maximum Gasteiger partial charge on any atom is 0.364 e. The number of nitrogens with one attached hydrogen (secondary N) is 2. The first-order valence-electron chi connectivity index (χ1n) is 6.82. The number of nitrogens with two attached hydrogens (primary N) is 1. The second kappa shape index (κ2) is 4.29. The first-order valence-corrected chi connectivity index (χ1v) is 6.82. The van der Waals surface area contributed by atoms with E-state index in [1.165, 1.54) is 4.52 Å². The van der Waals surface area contributed by atoms with Crippen molar-refractivity contribution in [3.8, 4) is 0 Å². The van der Waals surface area contributed by atoms with E-state index in [-0.39, 0.29) is 23.9 Å². The van der Waals surface area contributed by atoms with Crippen molar-refractivity contribution in [1.82, 2.24) is 19.8 Å². The standard InChI is InChI=1S/C12H16N6O2/c13-9-6-2-1-5-20-11(6)10(9)14-7-3-4-8-15-16-12(19)18(8)17-7/h3-4,6,9-11H,1-2,5,13H2,(H,14,17)(H,16,19). The summed E-state index contributed by atoms with van der Waals surface area (Å²) >= 11 is 0. The summed E-state index contributed by atoms with van der Waals surface area (Å²) in [5, 5.41) is 13.7. The van der Waals surface area contributed by atoms with Crippen LogP contribution in [0.25, 0.3) is 5.65 Å². The fourth-order valence-electron chi connectivity index (χ4n) is 3.18. The Labute approximate surface area is 114 Å². The van der Waals surface area contributed by atoms with Crippen LogP contribution in [0, 0.1) is 5.92 Å². The summed E-state index contributed by atoms with van der Waals surface area (Å²) in [5.41, 5.74) is 6.33. The molecule has 0 amide bonds. The van der Waals surface area contributed by atoms with Crippen molar-refractivity contribution < 1.29 is 4.74 Å². The third-order valence-electron chi connectivity index (χ3n) is 4.27. The number of nitrogens with zero attached hydrogens (tertiary/aromatic N) is 3. The van der Waals surface area contributed by atoms with Gasteiger partial charge < -0.3 is 15.8 Å². The topological polar surface area (TPSA) is 110 Å². The molecule has 2 aromatic rings. The zero-order chi connectivity index (χ0) is 13.7. The molecule has 0 bridgehead atoms. The van der Waals surface area contributed by atoms with E-state index >= 15 is 0 Å². The molecule has 4 rings (SSSR count). The van der Waals surface area contributed by atoms with E-state index in [4.69, 9.17) is 10.5 Å². The number of hydrogen-bond acceptors (Lipinski definition) is 6. The van der Waals surface area contributed by atoms with Gasteiger partial charge in [0.05, 0.1) is 12.1 Å². The SMILES string of the molecule is NC1C2CCCOC2C1Nc1ccc2n[nH]c(=O)n2n1. The molecule has 4 atom stereocenters. The Bertz CT molecular complexity index is 695. The quantitative estimate of drug-likeness (QED) is 0.671. The van der Waals surface area contributed by atoms with Gasteiger partial charge >= 0.3 is 5.69 Å². The lowest BCUT2D eigenvalue weighted by molar-refractivity contribution is -0.104. The third kappa shape index (κ3) is 1.65. The van der Waals surface area contributed by atoms with Crippen LogP contribution in [-0.2, 0) is 4.74 Å². The number of anilines is 1. The maximum atomic E-state index is 11.5. The lowest BCUT2D eigenvalue weighted by atomic mass is 9.68. The molecule has 1 saturated carbocycles. The van der Waals surface area contributed by atoms with Crippen molar-refractivity contribution in [2.75, 3.05) is 11.9 Å². The van der Waals surface area contributed by atoms with Crippen LogP contribution in [0.3, 0.4) is 0 Å². The van der Waals surface area contributed by atoms with Crippen molar-refractivity contribution in [3.05, 3.63) is 22.6 Å². The molecule has 1 aliphatic heterocycles. The summed E-state index contributed by atoms with van der Waals surface area (Å²) < 4.78 is 7.00. The zero-order valence-corrected chi connectivity index (χ0v) is 10.8. The Kier molecular flexibility index (Phi) is 2.54. The molecular formula is C12H16N6O2.